The Morgan fingerprint density at radius 1 is 1.07 bits per heavy atom. The molecule has 0 saturated carbocycles. The zero-order valence-electron chi connectivity index (χ0n) is 16.5. The average molecular weight is 428 g/mol. The van der Waals surface area contributed by atoms with E-state index >= 15 is 0 Å². The standard InChI is InChI=1S/C20H23F3N2O3S/c1-5-18(19(26)24-16-8-6-15(7-9-16)20(21,22)23)25(29(4,27)28)17-11-13(2)10-14(3)12-17/h6-12,18H,5H2,1-4H3,(H,24,26). The fourth-order valence-corrected chi connectivity index (χ4v) is 4.30. The number of anilines is 2. The van der Waals surface area contributed by atoms with Crippen molar-refractivity contribution in [3.63, 3.8) is 0 Å². The maximum atomic E-state index is 12.8. The number of benzene rings is 2. The lowest BCUT2D eigenvalue weighted by Crippen LogP contribution is -2.47. The molecule has 9 heteroatoms. The molecule has 0 aliphatic heterocycles. The molecule has 1 atom stereocenters. The molecule has 0 spiro atoms. The molecule has 158 valence electrons. The average Bonchev–Trinajstić information content (AvgIpc) is 2.57. The van der Waals surface area contributed by atoms with Crippen molar-refractivity contribution < 1.29 is 26.4 Å². The van der Waals surface area contributed by atoms with Crippen molar-refractivity contribution in [3.05, 3.63) is 59.2 Å². The molecule has 1 amide bonds. The van der Waals surface area contributed by atoms with E-state index in [9.17, 15) is 26.4 Å². The lowest BCUT2D eigenvalue weighted by molar-refractivity contribution is -0.137. The van der Waals surface area contributed by atoms with Gasteiger partial charge in [0, 0.05) is 5.69 Å². The Balaban J connectivity index is 2.36. The molecular formula is C20H23F3N2O3S. The van der Waals surface area contributed by atoms with E-state index in [1.165, 1.54) is 0 Å². The number of alkyl halides is 3. The summed E-state index contributed by atoms with van der Waals surface area (Å²) in [5, 5.41) is 2.51. The summed E-state index contributed by atoms with van der Waals surface area (Å²) in [5.41, 5.74) is 1.35. The molecule has 2 aromatic rings. The Morgan fingerprint density at radius 2 is 1.59 bits per heavy atom. The van der Waals surface area contributed by atoms with E-state index in [2.05, 4.69) is 5.32 Å². The summed E-state index contributed by atoms with van der Waals surface area (Å²) in [7, 11) is -3.80. The number of nitrogens with zero attached hydrogens (tertiary/aromatic N) is 1. The van der Waals surface area contributed by atoms with Crippen LogP contribution < -0.4 is 9.62 Å². The van der Waals surface area contributed by atoms with Crippen LogP contribution in [0.5, 0.6) is 0 Å². The maximum Gasteiger partial charge on any atom is 0.416 e. The summed E-state index contributed by atoms with van der Waals surface area (Å²) in [6.07, 6.45) is -3.30. The van der Waals surface area contributed by atoms with Gasteiger partial charge in [-0.25, -0.2) is 8.42 Å². The van der Waals surface area contributed by atoms with Crippen molar-refractivity contribution in [3.8, 4) is 0 Å². The van der Waals surface area contributed by atoms with Crippen LogP contribution in [-0.2, 0) is 21.0 Å². The van der Waals surface area contributed by atoms with Gasteiger partial charge in [0.25, 0.3) is 0 Å². The van der Waals surface area contributed by atoms with Gasteiger partial charge in [-0.15, -0.1) is 0 Å². The van der Waals surface area contributed by atoms with E-state index in [0.29, 0.717) is 5.69 Å². The molecule has 1 unspecified atom stereocenters. The van der Waals surface area contributed by atoms with Gasteiger partial charge < -0.3 is 5.32 Å². The fourth-order valence-electron chi connectivity index (χ4n) is 3.11. The molecule has 5 nitrogen and oxygen atoms in total. The van der Waals surface area contributed by atoms with Gasteiger partial charge >= 0.3 is 6.18 Å². The van der Waals surface area contributed by atoms with Gasteiger partial charge in [0.1, 0.15) is 6.04 Å². The largest absolute Gasteiger partial charge is 0.416 e. The first-order valence-electron chi connectivity index (χ1n) is 8.88. The molecule has 29 heavy (non-hydrogen) atoms. The Labute approximate surface area is 168 Å². The minimum atomic E-state index is -4.48. The van der Waals surface area contributed by atoms with Crippen molar-refractivity contribution in [2.24, 2.45) is 0 Å². The minimum Gasteiger partial charge on any atom is -0.324 e. The Kier molecular flexibility index (Phi) is 6.62. The second kappa shape index (κ2) is 8.44. The first-order valence-corrected chi connectivity index (χ1v) is 10.7. The molecule has 0 radical (unpaired) electrons. The summed E-state index contributed by atoms with van der Waals surface area (Å²) in [4.78, 5) is 12.8. The van der Waals surface area contributed by atoms with Gasteiger partial charge in [-0.1, -0.05) is 13.0 Å². The number of rotatable bonds is 6. The second-order valence-electron chi connectivity index (χ2n) is 6.89. The molecule has 2 rings (SSSR count). The van der Waals surface area contributed by atoms with E-state index in [1.54, 1.807) is 19.1 Å². The third-order valence-electron chi connectivity index (χ3n) is 4.27. The predicted molar refractivity (Wildman–Crippen MR) is 107 cm³/mol. The topological polar surface area (TPSA) is 66.5 Å². The van der Waals surface area contributed by atoms with Gasteiger partial charge in [0.05, 0.1) is 17.5 Å². The molecule has 2 aromatic carbocycles. The third kappa shape index (κ3) is 5.72. The normalized spacial score (nSPS) is 13.1. The minimum absolute atomic E-state index is 0.148. The maximum absolute atomic E-state index is 12.8. The number of nitrogens with one attached hydrogen (secondary N) is 1. The van der Waals surface area contributed by atoms with Crippen molar-refractivity contribution >= 4 is 27.3 Å². The first-order chi connectivity index (χ1) is 13.3. The van der Waals surface area contributed by atoms with Crippen LogP contribution in [0.3, 0.4) is 0 Å². The molecule has 0 saturated heterocycles. The molecule has 0 aliphatic carbocycles. The zero-order valence-corrected chi connectivity index (χ0v) is 17.4. The summed E-state index contributed by atoms with van der Waals surface area (Å²) < 4.78 is 64.1. The van der Waals surface area contributed by atoms with Gasteiger partial charge in [-0.05, 0) is 67.8 Å². The van der Waals surface area contributed by atoms with Crippen LogP contribution in [0.15, 0.2) is 42.5 Å². The molecule has 0 bridgehead atoms. The number of sulfonamides is 1. The number of hydrogen-bond acceptors (Lipinski definition) is 3. The summed E-state index contributed by atoms with van der Waals surface area (Å²) in [6.45, 7) is 5.30. The molecule has 0 fully saturated rings. The Morgan fingerprint density at radius 3 is 2.00 bits per heavy atom. The highest BCUT2D eigenvalue weighted by molar-refractivity contribution is 7.92. The van der Waals surface area contributed by atoms with Crippen molar-refractivity contribution in [2.75, 3.05) is 15.9 Å². The monoisotopic (exact) mass is 428 g/mol. The van der Waals surface area contributed by atoms with Crippen LogP contribution in [0, 0.1) is 13.8 Å². The van der Waals surface area contributed by atoms with Gasteiger partial charge in [0.15, 0.2) is 0 Å². The SMILES string of the molecule is CCC(C(=O)Nc1ccc(C(F)(F)F)cc1)N(c1cc(C)cc(C)c1)S(C)(=O)=O. The highest BCUT2D eigenvalue weighted by atomic mass is 32.2. The van der Waals surface area contributed by atoms with Crippen molar-refractivity contribution in [1.82, 2.24) is 0 Å². The van der Waals surface area contributed by atoms with Crippen LogP contribution in [0.1, 0.15) is 30.0 Å². The number of carbonyl (C=O) groups is 1. The quantitative estimate of drug-likeness (QED) is 0.737. The number of aryl methyl sites for hydroxylation is 2. The number of halogens is 3. The van der Waals surface area contributed by atoms with E-state index in [4.69, 9.17) is 0 Å². The first kappa shape index (κ1) is 22.7. The lowest BCUT2D eigenvalue weighted by atomic mass is 10.1. The highest BCUT2D eigenvalue weighted by Crippen LogP contribution is 2.30. The molecular weight excluding hydrogens is 405 g/mol. The van der Waals surface area contributed by atoms with Crippen molar-refractivity contribution in [2.45, 2.75) is 39.4 Å². The van der Waals surface area contributed by atoms with E-state index < -0.39 is 33.7 Å². The summed E-state index contributed by atoms with van der Waals surface area (Å²) >= 11 is 0. The Hall–Kier alpha value is -2.55. The summed E-state index contributed by atoms with van der Waals surface area (Å²) in [5.74, 6) is -0.628. The van der Waals surface area contributed by atoms with Crippen molar-refractivity contribution in [1.29, 1.82) is 0 Å². The number of amides is 1. The van der Waals surface area contributed by atoms with E-state index in [0.717, 1.165) is 46.0 Å². The molecule has 0 aliphatic rings. The van der Waals surface area contributed by atoms with Crippen LogP contribution in [0.2, 0.25) is 0 Å². The van der Waals surface area contributed by atoms with Gasteiger partial charge in [-0.3, -0.25) is 9.10 Å². The number of hydrogen-bond donors (Lipinski definition) is 1. The fraction of sp³-hybridized carbons (Fsp3) is 0.350. The number of carbonyl (C=O) groups excluding carboxylic acids is 1. The second-order valence-corrected chi connectivity index (χ2v) is 8.75. The van der Waals surface area contributed by atoms with Crippen LogP contribution >= 0.6 is 0 Å². The van der Waals surface area contributed by atoms with Crippen LogP contribution in [0.25, 0.3) is 0 Å². The van der Waals surface area contributed by atoms with Crippen LogP contribution in [-0.4, -0.2) is 26.6 Å². The lowest BCUT2D eigenvalue weighted by Gasteiger charge is -2.30. The van der Waals surface area contributed by atoms with Gasteiger partial charge in [-0.2, -0.15) is 13.2 Å². The van der Waals surface area contributed by atoms with E-state index in [1.807, 2.05) is 19.9 Å². The third-order valence-corrected chi connectivity index (χ3v) is 5.45. The molecule has 1 N–H and O–H groups in total. The molecule has 0 heterocycles. The Bertz CT molecular complexity index is 967. The predicted octanol–water partition coefficient (Wildman–Crippen LogP) is 4.51. The zero-order chi connectivity index (χ0) is 22.0. The van der Waals surface area contributed by atoms with E-state index in [-0.39, 0.29) is 12.1 Å². The molecule has 0 aromatic heterocycles. The van der Waals surface area contributed by atoms with Gasteiger partial charge in [0.2, 0.25) is 15.9 Å². The van der Waals surface area contributed by atoms with Crippen LogP contribution in [0.4, 0.5) is 24.5 Å². The highest BCUT2D eigenvalue weighted by Gasteiger charge is 2.32. The summed E-state index contributed by atoms with van der Waals surface area (Å²) in [6, 6.07) is 8.14. The smallest absolute Gasteiger partial charge is 0.324 e.